The Morgan fingerprint density at radius 3 is 1.86 bits per heavy atom. The number of alkyl halides is 3. The minimum atomic E-state index is -4.23. The highest BCUT2D eigenvalue weighted by Crippen LogP contribution is 2.38. The van der Waals surface area contributed by atoms with Crippen molar-refractivity contribution in [2.24, 2.45) is 23.5 Å². The lowest BCUT2D eigenvalue weighted by Crippen LogP contribution is -2.46. The largest absolute Gasteiger partial charge is 0.403 e. The summed E-state index contributed by atoms with van der Waals surface area (Å²) < 4.78 is 37.1. The maximum atomic E-state index is 12.4. The van der Waals surface area contributed by atoms with Crippen LogP contribution in [-0.2, 0) is 0 Å². The van der Waals surface area contributed by atoms with E-state index in [1.807, 2.05) is 13.8 Å². The number of halogens is 3. The molecule has 3 unspecified atom stereocenters. The molecule has 0 aromatic rings. The van der Waals surface area contributed by atoms with Crippen LogP contribution in [0.5, 0.6) is 0 Å². The predicted octanol–water partition coefficient (Wildman–Crippen LogP) is 2.95. The monoisotopic (exact) mass is 209 g/mol. The summed E-state index contributed by atoms with van der Waals surface area (Å²) in [7, 11) is 0. The maximum Gasteiger partial charge on any atom is 0.403 e. The molecule has 3 atom stereocenters. The van der Waals surface area contributed by atoms with E-state index in [-0.39, 0.29) is 5.92 Å². The van der Waals surface area contributed by atoms with E-state index in [0.29, 0.717) is 24.7 Å². The van der Waals surface area contributed by atoms with Crippen molar-refractivity contribution in [1.82, 2.24) is 0 Å². The highest BCUT2D eigenvalue weighted by Gasteiger charge is 2.43. The predicted molar refractivity (Wildman–Crippen MR) is 49.7 cm³/mol. The van der Waals surface area contributed by atoms with Crippen molar-refractivity contribution in [3.8, 4) is 0 Å². The summed E-state index contributed by atoms with van der Waals surface area (Å²) in [5, 5.41) is 0. The minimum Gasteiger partial charge on any atom is -0.320 e. The lowest BCUT2D eigenvalue weighted by Gasteiger charge is -2.35. The van der Waals surface area contributed by atoms with Crippen LogP contribution in [0.15, 0.2) is 0 Å². The molecule has 0 radical (unpaired) electrons. The van der Waals surface area contributed by atoms with Crippen LogP contribution in [-0.4, -0.2) is 12.2 Å². The molecule has 0 aromatic carbocycles. The van der Waals surface area contributed by atoms with Crippen molar-refractivity contribution in [3.63, 3.8) is 0 Å². The first kappa shape index (κ1) is 11.8. The third-order valence-corrected chi connectivity index (χ3v) is 3.10. The average molecular weight is 209 g/mol. The van der Waals surface area contributed by atoms with Gasteiger partial charge in [0.05, 0.1) is 0 Å². The third kappa shape index (κ3) is 2.87. The van der Waals surface area contributed by atoms with Gasteiger partial charge in [-0.1, -0.05) is 13.8 Å². The molecule has 1 aliphatic rings. The normalized spacial score (nSPS) is 36.9. The van der Waals surface area contributed by atoms with Crippen LogP contribution in [0.4, 0.5) is 13.2 Å². The molecule has 0 aromatic heterocycles. The summed E-state index contributed by atoms with van der Waals surface area (Å²) in [5.74, 6) is 0.364. The van der Waals surface area contributed by atoms with Crippen LogP contribution >= 0.6 is 0 Å². The van der Waals surface area contributed by atoms with Gasteiger partial charge in [-0.2, -0.15) is 13.2 Å². The van der Waals surface area contributed by atoms with E-state index in [1.54, 1.807) is 0 Å². The van der Waals surface area contributed by atoms with Gasteiger partial charge in [-0.25, -0.2) is 0 Å². The smallest absolute Gasteiger partial charge is 0.320 e. The molecule has 1 rings (SSSR count). The Morgan fingerprint density at radius 1 is 1.07 bits per heavy atom. The van der Waals surface area contributed by atoms with Crippen molar-refractivity contribution in [2.45, 2.75) is 45.3 Å². The Labute approximate surface area is 82.9 Å². The van der Waals surface area contributed by atoms with Gasteiger partial charge in [-0.3, -0.25) is 0 Å². The second-order valence-electron chi connectivity index (χ2n) is 4.74. The summed E-state index contributed by atoms with van der Waals surface area (Å²) in [6.45, 7) is 4.01. The average Bonchev–Trinajstić information content (AvgIpc) is 1.99. The van der Waals surface area contributed by atoms with E-state index in [1.165, 1.54) is 0 Å². The molecular weight excluding hydrogens is 191 g/mol. The van der Waals surface area contributed by atoms with Gasteiger partial charge in [0.1, 0.15) is 6.04 Å². The summed E-state index contributed by atoms with van der Waals surface area (Å²) in [5.41, 5.74) is 5.22. The van der Waals surface area contributed by atoms with Crippen molar-refractivity contribution in [2.75, 3.05) is 0 Å². The Kier molecular flexibility index (Phi) is 3.45. The molecule has 0 bridgehead atoms. The molecule has 0 saturated heterocycles. The van der Waals surface area contributed by atoms with Gasteiger partial charge >= 0.3 is 6.18 Å². The van der Waals surface area contributed by atoms with Crippen molar-refractivity contribution in [1.29, 1.82) is 0 Å². The summed E-state index contributed by atoms with van der Waals surface area (Å²) >= 11 is 0. The van der Waals surface area contributed by atoms with Crippen LogP contribution in [0.3, 0.4) is 0 Å². The number of hydrogen-bond donors (Lipinski definition) is 1. The molecule has 1 fully saturated rings. The fourth-order valence-corrected chi connectivity index (χ4v) is 2.57. The van der Waals surface area contributed by atoms with Crippen LogP contribution in [0, 0.1) is 17.8 Å². The quantitative estimate of drug-likeness (QED) is 0.706. The van der Waals surface area contributed by atoms with Gasteiger partial charge < -0.3 is 5.73 Å². The number of nitrogens with two attached hydrogens (primary N) is 1. The van der Waals surface area contributed by atoms with Crippen LogP contribution in [0.2, 0.25) is 0 Å². The molecule has 2 N–H and O–H groups in total. The van der Waals surface area contributed by atoms with E-state index in [9.17, 15) is 13.2 Å². The zero-order chi connectivity index (χ0) is 10.9. The molecule has 0 spiro atoms. The third-order valence-electron chi connectivity index (χ3n) is 3.10. The first-order valence-electron chi connectivity index (χ1n) is 5.13. The van der Waals surface area contributed by atoms with Gasteiger partial charge in [-0.15, -0.1) is 0 Å². The van der Waals surface area contributed by atoms with E-state index < -0.39 is 12.2 Å². The maximum absolute atomic E-state index is 12.4. The van der Waals surface area contributed by atoms with Gasteiger partial charge in [0.2, 0.25) is 0 Å². The van der Waals surface area contributed by atoms with Crippen LogP contribution in [0.25, 0.3) is 0 Å². The lowest BCUT2D eigenvalue weighted by atomic mass is 9.74. The second kappa shape index (κ2) is 4.09. The first-order chi connectivity index (χ1) is 6.30. The molecule has 1 nitrogen and oxygen atoms in total. The second-order valence-corrected chi connectivity index (χ2v) is 4.74. The highest BCUT2D eigenvalue weighted by molar-refractivity contribution is 4.85. The topological polar surface area (TPSA) is 26.0 Å². The standard InChI is InChI=1S/C10H18F3N/c1-6-3-7(2)5-8(4-6)9(14)10(11,12)13/h6-9H,3-5,14H2,1-2H3. The number of hydrogen-bond acceptors (Lipinski definition) is 1. The highest BCUT2D eigenvalue weighted by atomic mass is 19.4. The Hall–Kier alpha value is -0.250. The van der Waals surface area contributed by atoms with Crippen molar-refractivity contribution < 1.29 is 13.2 Å². The summed E-state index contributed by atoms with van der Waals surface area (Å²) in [4.78, 5) is 0. The molecule has 84 valence electrons. The van der Waals surface area contributed by atoms with E-state index >= 15 is 0 Å². The summed E-state index contributed by atoms with van der Waals surface area (Å²) in [6, 6.07) is -1.63. The Bertz CT molecular complexity index is 180. The molecule has 0 heterocycles. The Balaban J connectivity index is 2.59. The van der Waals surface area contributed by atoms with Crippen molar-refractivity contribution >= 4 is 0 Å². The number of rotatable bonds is 1. The SMILES string of the molecule is CC1CC(C)CC(C(N)C(F)(F)F)C1. The first-order valence-corrected chi connectivity index (χ1v) is 5.13. The van der Waals surface area contributed by atoms with E-state index in [4.69, 9.17) is 5.73 Å². The van der Waals surface area contributed by atoms with Gasteiger partial charge in [0.25, 0.3) is 0 Å². The lowest BCUT2D eigenvalue weighted by molar-refractivity contribution is -0.163. The molecule has 14 heavy (non-hydrogen) atoms. The molecule has 1 aliphatic carbocycles. The van der Waals surface area contributed by atoms with Gasteiger partial charge in [-0.05, 0) is 37.0 Å². The van der Waals surface area contributed by atoms with Crippen LogP contribution in [0.1, 0.15) is 33.1 Å². The molecule has 1 saturated carbocycles. The zero-order valence-corrected chi connectivity index (χ0v) is 8.64. The Morgan fingerprint density at radius 2 is 1.50 bits per heavy atom. The fourth-order valence-electron chi connectivity index (χ4n) is 2.57. The van der Waals surface area contributed by atoms with Gasteiger partial charge in [0.15, 0.2) is 0 Å². The van der Waals surface area contributed by atoms with E-state index in [0.717, 1.165) is 6.42 Å². The van der Waals surface area contributed by atoms with Crippen LogP contribution < -0.4 is 5.73 Å². The van der Waals surface area contributed by atoms with Gasteiger partial charge in [0, 0.05) is 0 Å². The molecule has 4 heteroatoms. The molecular formula is C10H18F3N. The van der Waals surface area contributed by atoms with E-state index in [2.05, 4.69) is 0 Å². The zero-order valence-electron chi connectivity index (χ0n) is 8.64. The fraction of sp³-hybridized carbons (Fsp3) is 1.00. The summed E-state index contributed by atoms with van der Waals surface area (Å²) in [6.07, 6.45) is -1.97. The van der Waals surface area contributed by atoms with Crippen molar-refractivity contribution in [3.05, 3.63) is 0 Å². The minimum absolute atomic E-state index is 0.372. The molecule has 0 amide bonds. The molecule has 0 aliphatic heterocycles.